The number of carbonyl (C=O) groups excluding carboxylic acids is 1. The van der Waals surface area contributed by atoms with Gasteiger partial charge in [0.15, 0.2) is 22.1 Å². The van der Waals surface area contributed by atoms with Crippen LogP contribution >= 0.6 is 23.8 Å². The van der Waals surface area contributed by atoms with Crippen LogP contribution in [0.5, 0.6) is 11.5 Å². The maximum Gasteiger partial charge on any atom is 0.242 e. The zero-order chi connectivity index (χ0) is 19.7. The SMILES string of the molecule is CN(Cc1ccc2c(c1)OCO2)C(=O)Cn1c(-c2ccc(Cl)cc2)n[nH]c1=S. The van der Waals surface area contributed by atoms with Crippen molar-refractivity contribution in [2.24, 2.45) is 0 Å². The van der Waals surface area contributed by atoms with Crippen molar-refractivity contribution in [3.63, 3.8) is 0 Å². The Morgan fingerprint density at radius 3 is 2.79 bits per heavy atom. The first-order valence-electron chi connectivity index (χ1n) is 8.55. The maximum absolute atomic E-state index is 12.8. The van der Waals surface area contributed by atoms with Crippen LogP contribution in [0.25, 0.3) is 11.4 Å². The van der Waals surface area contributed by atoms with E-state index in [1.807, 2.05) is 30.3 Å². The molecule has 3 aromatic rings. The molecule has 1 aliphatic rings. The standard InChI is InChI=1S/C19H17ClN4O3S/c1-23(9-12-2-7-15-16(8-12)27-11-26-15)17(25)10-24-18(21-22-19(24)28)13-3-5-14(20)6-4-13/h2-8H,9-11H2,1H3,(H,22,28). The van der Waals surface area contributed by atoms with Gasteiger partial charge in [0.2, 0.25) is 12.7 Å². The highest BCUT2D eigenvalue weighted by molar-refractivity contribution is 7.71. The number of hydrogen-bond donors (Lipinski definition) is 1. The van der Waals surface area contributed by atoms with Crippen LogP contribution in [-0.4, -0.2) is 39.4 Å². The summed E-state index contributed by atoms with van der Waals surface area (Å²) >= 11 is 11.3. The topological polar surface area (TPSA) is 72.4 Å². The average molecular weight is 417 g/mol. The molecule has 0 spiro atoms. The Morgan fingerprint density at radius 2 is 2.00 bits per heavy atom. The van der Waals surface area contributed by atoms with Crippen molar-refractivity contribution in [3.8, 4) is 22.9 Å². The number of amides is 1. The van der Waals surface area contributed by atoms with Gasteiger partial charge in [-0.1, -0.05) is 17.7 Å². The Labute approximate surface area is 171 Å². The van der Waals surface area contributed by atoms with Gasteiger partial charge in [-0.3, -0.25) is 14.5 Å². The maximum atomic E-state index is 12.8. The van der Waals surface area contributed by atoms with Crippen molar-refractivity contribution >= 4 is 29.7 Å². The van der Waals surface area contributed by atoms with E-state index in [1.165, 1.54) is 0 Å². The molecular formula is C19H17ClN4O3S. The number of likely N-dealkylation sites (N-methyl/N-ethyl adjacent to an activating group) is 1. The van der Waals surface area contributed by atoms with Crippen LogP contribution in [0.15, 0.2) is 42.5 Å². The molecule has 28 heavy (non-hydrogen) atoms. The first-order valence-corrected chi connectivity index (χ1v) is 9.33. The molecule has 0 aliphatic carbocycles. The Hall–Kier alpha value is -2.84. The summed E-state index contributed by atoms with van der Waals surface area (Å²) < 4.78 is 12.8. The highest BCUT2D eigenvalue weighted by atomic mass is 35.5. The molecule has 1 aromatic heterocycles. The number of aromatic amines is 1. The fourth-order valence-corrected chi connectivity index (χ4v) is 3.26. The predicted molar refractivity (Wildman–Crippen MR) is 107 cm³/mol. The van der Waals surface area contributed by atoms with Gasteiger partial charge in [-0.25, -0.2) is 0 Å². The van der Waals surface area contributed by atoms with E-state index >= 15 is 0 Å². The molecule has 1 aliphatic heterocycles. The number of nitrogens with one attached hydrogen (secondary N) is 1. The molecule has 2 aromatic carbocycles. The number of H-pyrrole nitrogens is 1. The number of carbonyl (C=O) groups is 1. The van der Waals surface area contributed by atoms with Gasteiger partial charge >= 0.3 is 0 Å². The average Bonchev–Trinajstić information content (AvgIpc) is 3.29. The smallest absolute Gasteiger partial charge is 0.242 e. The summed E-state index contributed by atoms with van der Waals surface area (Å²) in [5, 5.41) is 7.64. The zero-order valence-corrected chi connectivity index (χ0v) is 16.6. The second-order valence-electron chi connectivity index (χ2n) is 6.38. The number of benzene rings is 2. The Bertz CT molecular complexity index is 1080. The third-order valence-corrected chi connectivity index (χ3v) is 5.00. The van der Waals surface area contributed by atoms with Gasteiger partial charge < -0.3 is 14.4 Å². The number of hydrogen-bond acceptors (Lipinski definition) is 5. The molecule has 0 saturated heterocycles. The lowest BCUT2D eigenvalue weighted by molar-refractivity contribution is -0.131. The third-order valence-electron chi connectivity index (χ3n) is 4.44. The first kappa shape index (κ1) is 18.5. The van der Waals surface area contributed by atoms with Gasteiger partial charge in [-0.05, 0) is 54.2 Å². The molecule has 0 unspecified atom stereocenters. The minimum absolute atomic E-state index is 0.0777. The summed E-state index contributed by atoms with van der Waals surface area (Å²) in [7, 11) is 1.75. The number of ether oxygens (including phenoxy) is 2. The molecule has 0 atom stereocenters. The Morgan fingerprint density at radius 1 is 1.25 bits per heavy atom. The largest absolute Gasteiger partial charge is 0.454 e. The van der Waals surface area contributed by atoms with E-state index < -0.39 is 0 Å². The summed E-state index contributed by atoms with van der Waals surface area (Å²) in [4.78, 5) is 14.4. The van der Waals surface area contributed by atoms with E-state index in [0.29, 0.717) is 27.9 Å². The van der Waals surface area contributed by atoms with E-state index in [2.05, 4.69) is 10.2 Å². The van der Waals surface area contributed by atoms with Crippen molar-refractivity contribution in [2.75, 3.05) is 13.8 Å². The number of nitrogens with zero attached hydrogens (tertiary/aromatic N) is 3. The van der Waals surface area contributed by atoms with Crippen molar-refractivity contribution in [3.05, 3.63) is 57.8 Å². The van der Waals surface area contributed by atoms with Crippen LogP contribution in [0.2, 0.25) is 5.02 Å². The first-order chi connectivity index (χ1) is 13.5. The Balaban J connectivity index is 1.50. The van der Waals surface area contributed by atoms with Gasteiger partial charge in [0, 0.05) is 24.2 Å². The van der Waals surface area contributed by atoms with E-state index in [0.717, 1.165) is 16.9 Å². The summed E-state index contributed by atoms with van der Waals surface area (Å²) in [6, 6.07) is 12.9. The van der Waals surface area contributed by atoms with Crippen LogP contribution in [0.1, 0.15) is 5.56 Å². The molecule has 2 heterocycles. The van der Waals surface area contributed by atoms with Gasteiger partial charge in [-0.2, -0.15) is 5.10 Å². The number of halogens is 1. The summed E-state index contributed by atoms with van der Waals surface area (Å²) in [6.07, 6.45) is 0. The number of rotatable bonds is 5. The van der Waals surface area contributed by atoms with E-state index in [4.69, 9.17) is 33.3 Å². The molecule has 0 radical (unpaired) electrons. The summed E-state index contributed by atoms with van der Waals surface area (Å²) in [6.45, 7) is 0.741. The normalized spacial score (nSPS) is 12.2. The number of aromatic nitrogens is 3. The quantitative estimate of drug-likeness (QED) is 0.643. The summed E-state index contributed by atoms with van der Waals surface area (Å²) in [5.41, 5.74) is 1.77. The molecule has 7 nitrogen and oxygen atoms in total. The molecule has 4 rings (SSSR count). The number of fused-ring (bicyclic) bond motifs is 1. The van der Waals surface area contributed by atoms with Crippen LogP contribution in [0.3, 0.4) is 0 Å². The highest BCUT2D eigenvalue weighted by Crippen LogP contribution is 2.32. The van der Waals surface area contributed by atoms with Gasteiger partial charge in [-0.15, -0.1) is 0 Å². The van der Waals surface area contributed by atoms with Gasteiger partial charge in [0.05, 0.1) is 0 Å². The lowest BCUT2D eigenvalue weighted by atomic mass is 10.2. The second kappa shape index (κ2) is 7.65. The van der Waals surface area contributed by atoms with Crippen LogP contribution in [-0.2, 0) is 17.9 Å². The Kier molecular flexibility index (Phi) is 5.06. The molecule has 1 N–H and O–H groups in total. The fourth-order valence-electron chi connectivity index (χ4n) is 2.94. The monoisotopic (exact) mass is 416 g/mol. The summed E-state index contributed by atoms with van der Waals surface area (Å²) in [5.74, 6) is 1.91. The molecule has 9 heteroatoms. The van der Waals surface area contributed by atoms with Gasteiger partial charge in [0.25, 0.3) is 0 Å². The van der Waals surface area contributed by atoms with Crippen LogP contribution in [0, 0.1) is 4.77 Å². The molecule has 144 valence electrons. The van der Waals surface area contributed by atoms with Crippen LogP contribution in [0.4, 0.5) is 0 Å². The van der Waals surface area contributed by atoms with Crippen molar-refractivity contribution < 1.29 is 14.3 Å². The van der Waals surface area contributed by atoms with E-state index in [1.54, 1.807) is 28.6 Å². The fraction of sp³-hybridized carbons (Fsp3) is 0.211. The van der Waals surface area contributed by atoms with Crippen LogP contribution < -0.4 is 9.47 Å². The predicted octanol–water partition coefficient (Wildman–Crippen LogP) is 3.65. The van der Waals surface area contributed by atoms with Gasteiger partial charge in [0.1, 0.15) is 6.54 Å². The molecule has 1 amide bonds. The molecule has 0 fully saturated rings. The van der Waals surface area contributed by atoms with Crippen molar-refractivity contribution in [2.45, 2.75) is 13.1 Å². The minimum atomic E-state index is -0.0922. The van der Waals surface area contributed by atoms with E-state index in [9.17, 15) is 4.79 Å². The lowest BCUT2D eigenvalue weighted by Crippen LogP contribution is -2.30. The molecule has 0 saturated carbocycles. The lowest BCUT2D eigenvalue weighted by Gasteiger charge is -2.18. The third kappa shape index (κ3) is 3.74. The highest BCUT2D eigenvalue weighted by Gasteiger charge is 2.18. The van der Waals surface area contributed by atoms with Crippen molar-refractivity contribution in [1.29, 1.82) is 0 Å². The second-order valence-corrected chi connectivity index (χ2v) is 7.21. The van der Waals surface area contributed by atoms with E-state index in [-0.39, 0.29) is 19.2 Å². The van der Waals surface area contributed by atoms with Crippen molar-refractivity contribution in [1.82, 2.24) is 19.7 Å². The molecule has 0 bridgehead atoms. The minimum Gasteiger partial charge on any atom is -0.454 e. The zero-order valence-electron chi connectivity index (χ0n) is 15.0. The molecular weight excluding hydrogens is 400 g/mol.